The smallest absolute Gasteiger partial charge is 0.350 e. The number of ketones is 1. The monoisotopic (exact) mass is 626 g/mol. The predicted molar refractivity (Wildman–Crippen MR) is 167 cm³/mol. The Kier molecular flexibility index (Phi) is 9.10. The number of Topliss-reactive ketones (excluding diaryl/α,β-unsaturated/α-hetero) is 1. The van der Waals surface area contributed by atoms with Gasteiger partial charge in [-0.1, -0.05) is 53.3 Å². The average molecular weight is 627 g/mol. The van der Waals surface area contributed by atoms with E-state index in [9.17, 15) is 24.3 Å². The summed E-state index contributed by atoms with van der Waals surface area (Å²) in [7, 11) is 1.26. The molecule has 1 unspecified atom stereocenters. The summed E-state index contributed by atoms with van der Waals surface area (Å²) in [5.74, 6) is -2.87. The summed E-state index contributed by atoms with van der Waals surface area (Å²) >= 11 is 0.909. The second-order valence-corrected chi connectivity index (χ2v) is 11.2. The number of anilines is 1. The Morgan fingerprint density at radius 3 is 2.29 bits per heavy atom. The van der Waals surface area contributed by atoms with Gasteiger partial charge in [0, 0.05) is 5.56 Å². The van der Waals surface area contributed by atoms with E-state index in [1.807, 2.05) is 31.2 Å². The first kappa shape index (κ1) is 31.1. The molecule has 0 bridgehead atoms. The zero-order chi connectivity index (χ0) is 32.2. The number of aryl methyl sites for hydroxylation is 2. The van der Waals surface area contributed by atoms with E-state index in [1.165, 1.54) is 19.2 Å². The van der Waals surface area contributed by atoms with Crippen molar-refractivity contribution < 1.29 is 38.5 Å². The van der Waals surface area contributed by atoms with E-state index in [0.717, 1.165) is 27.4 Å². The Labute approximate surface area is 263 Å². The van der Waals surface area contributed by atoms with Crippen molar-refractivity contribution in [2.75, 3.05) is 18.6 Å². The first-order chi connectivity index (χ1) is 21.6. The molecule has 0 saturated carbocycles. The highest BCUT2D eigenvalue weighted by molar-refractivity contribution is 7.17. The maximum atomic E-state index is 13.6. The molecule has 1 aliphatic rings. The molecule has 230 valence electrons. The van der Waals surface area contributed by atoms with Crippen molar-refractivity contribution >= 4 is 45.9 Å². The molecular formula is C34H30N2O8S. The molecule has 1 amide bonds. The normalized spacial score (nSPS) is 15.6. The van der Waals surface area contributed by atoms with Crippen molar-refractivity contribution in [1.82, 2.24) is 4.98 Å². The van der Waals surface area contributed by atoms with E-state index in [4.69, 9.17) is 14.2 Å². The number of carbonyl (C=O) groups excluding carboxylic acids is 4. The number of hydrogen-bond donors (Lipinski definition) is 1. The van der Waals surface area contributed by atoms with Crippen LogP contribution in [0.3, 0.4) is 0 Å². The highest BCUT2D eigenvalue weighted by atomic mass is 32.1. The van der Waals surface area contributed by atoms with Gasteiger partial charge in [0.2, 0.25) is 0 Å². The van der Waals surface area contributed by atoms with Gasteiger partial charge in [-0.15, -0.1) is 0 Å². The predicted octanol–water partition coefficient (Wildman–Crippen LogP) is 5.93. The highest BCUT2D eigenvalue weighted by Gasteiger charge is 2.48. The number of amides is 1. The largest absolute Gasteiger partial charge is 0.507 e. The Bertz CT molecular complexity index is 1810. The van der Waals surface area contributed by atoms with Crippen molar-refractivity contribution in [2.45, 2.75) is 33.4 Å². The first-order valence-corrected chi connectivity index (χ1v) is 14.9. The molecule has 5 rings (SSSR count). The van der Waals surface area contributed by atoms with Crippen LogP contribution in [-0.4, -0.2) is 47.4 Å². The van der Waals surface area contributed by atoms with E-state index in [-0.39, 0.29) is 33.3 Å². The number of esters is 2. The van der Waals surface area contributed by atoms with Gasteiger partial charge in [-0.2, -0.15) is 0 Å². The molecule has 1 fully saturated rings. The number of aromatic nitrogens is 1. The lowest BCUT2D eigenvalue weighted by molar-refractivity contribution is -0.132. The fraction of sp³-hybridized carbons (Fsp3) is 0.206. The van der Waals surface area contributed by atoms with E-state index in [0.29, 0.717) is 23.6 Å². The molecule has 2 heterocycles. The molecule has 45 heavy (non-hydrogen) atoms. The fourth-order valence-electron chi connectivity index (χ4n) is 4.97. The van der Waals surface area contributed by atoms with E-state index < -0.39 is 35.4 Å². The molecule has 1 aromatic heterocycles. The van der Waals surface area contributed by atoms with Crippen LogP contribution in [0, 0.1) is 13.8 Å². The third-order valence-corrected chi connectivity index (χ3v) is 8.30. The molecule has 1 atom stereocenters. The number of thiazole rings is 1. The lowest BCUT2D eigenvalue weighted by Crippen LogP contribution is -2.29. The van der Waals surface area contributed by atoms with Crippen LogP contribution in [0.25, 0.3) is 5.76 Å². The molecule has 4 aromatic rings. The molecule has 3 aromatic carbocycles. The number of aliphatic hydroxyl groups is 1. The molecule has 0 radical (unpaired) electrons. The van der Waals surface area contributed by atoms with Crippen LogP contribution in [0.5, 0.6) is 5.75 Å². The molecule has 1 saturated heterocycles. The summed E-state index contributed by atoms with van der Waals surface area (Å²) < 4.78 is 15.8. The average Bonchev–Trinajstić information content (AvgIpc) is 3.55. The summed E-state index contributed by atoms with van der Waals surface area (Å²) in [6, 6.07) is 19.5. The standard InChI is InChI=1S/C34H30N2O8S/c1-5-43-33(41)30-20(3)35-34(45-30)36-27(22-9-11-24(12-10-22)32(40)42-4)26(29(38)31(36)39)28(37)23-13-15-25(16-14-23)44-18-21-8-6-7-19(2)17-21/h6-17,27,37H,5,18H2,1-4H3/b28-26+. The number of aliphatic hydroxyl groups excluding tert-OH is 1. The Morgan fingerprint density at radius 2 is 1.64 bits per heavy atom. The van der Waals surface area contributed by atoms with Gasteiger partial charge < -0.3 is 19.3 Å². The Balaban J connectivity index is 1.54. The number of carbonyl (C=O) groups is 4. The van der Waals surface area contributed by atoms with Crippen LogP contribution in [-0.2, 0) is 25.7 Å². The van der Waals surface area contributed by atoms with Gasteiger partial charge >= 0.3 is 17.8 Å². The minimum absolute atomic E-state index is 0.0821. The van der Waals surface area contributed by atoms with Crippen LogP contribution in [0.15, 0.2) is 78.4 Å². The van der Waals surface area contributed by atoms with Gasteiger partial charge in [0.25, 0.3) is 5.78 Å². The molecular weight excluding hydrogens is 596 g/mol. The number of methoxy groups -OCH3 is 1. The van der Waals surface area contributed by atoms with Crippen LogP contribution in [0.2, 0.25) is 0 Å². The highest BCUT2D eigenvalue weighted by Crippen LogP contribution is 2.44. The van der Waals surface area contributed by atoms with Crippen molar-refractivity contribution in [1.29, 1.82) is 0 Å². The number of rotatable bonds is 9. The number of benzene rings is 3. The second-order valence-electron chi connectivity index (χ2n) is 10.2. The Hall–Kier alpha value is -5.29. The van der Waals surface area contributed by atoms with Crippen LogP contribution in [0.1, 0.15) is 60.9 Å². The zero-order valence-electron chi connectivity index (χ0n) is 25.0. The molecule has 10 nitrogen and oxygen atoms in total. The maximum Gasteiger partial charge on any atom is 0.350 e. The number of hydrogen-bond acceptors (Lipinski definition) is 10. The van der Waals surface area contributed by atoms with Gasteiger partial charge in [0.05, 0.1) is 36.6 Å². The van der Waals surface area contributed by atoms with Gasteiger partial charge in [0.1, 0.15) is 23.0 Å². The van der Waals surface area contributed by atoms with Crippen LogP contribution >= 0.6 is 11.3 Å². The molecule has 0 spiro atoms. The van der Waals surface area contributed by atoms with Gasteiger partial charge in [-0.05, 0) is 68.3 Å². The topological polar surface area (TPSA) is 132 Å². The van der Waals surface area contributed by atoms with E-state index >= 15 is 0 Å². The van der Waals surface area contributed by atoms with Crippen molar-refractivity contribution in [3.8, 4) is 5.75 Å². The van der Waals surface area contributed by atoms with Crippen molar-refractivity contribution in [3.63, 3.8) is 0 Å². The van der Waals surface area contributed by atoms with E-state index in [1.54, 1.807) is 50.2 Å². The van der Waals surface area contributed by atoms with Gasteiger partial charge in [-0.25, -0.2) is 14.6 Å². The first-order valence-electron chi connectivity index (χ1n) is 14.1. The van der Waals surface area contributed by atoms with Crippen molar-refractivity contribution in [3.05, 3.63) is 117 Å². The minimum Gasteiger partial charge on any atom is -0.507 e. The van der Waals surface area contributed by atoms with Crippen LogP contribution in [0.4, 0.5) is 5.13 Å². The maximum absolute atomic E-state index is 13.6. The number of nitrogens with zero attached hydrogens (tertiary/aromatic N) is 2. The quantitative estimate of drug-likeness (QED) is 0.104. The molecule has 1 aliphatic heterocycles. The Morgan fingerprint density at radius 1 is 0.956 bits per heavy atom. The third-order valence-electron chi connectivity index (χ3n) is 7.16. The zero-order valence-corrected chi connectivity index (χ0v) is 25.8. The molecule has 1 N–H and O–H groups in total. The fourth-order valence-corrected chi connectivity index (χ4v) is 5.96. The summed E-state index contributed by atoms with van der Waals surface area (Å²) in [6.07, 6.45) is 0. The minimum atomic E-state index is -1.12. The SMILES string of the molecule is CCOC(=O)c1sc(N2C(=O)C(=O)/C(=C(/O)c3ccc(OCc4cccc(C)c4)cc3)C2c2ccc(C(=O)OC)cc2)nc1C. The van der Waals surface area contributed by atoms with Gasteiger partial charge in [-0.3, -0.25) is 14.5 Å². The number of ether oxygens (including phenoxy) is 3. The third kappa shape index (κ3) is 6.34. The van der Waals surface area contributed by atoms with E-state index in [2.05, 4.69) is 4.98 Å². The summed E-state index contributed by atoms with van der Waals surface area (Å²) in [4.78, 5) is 57.5. The van der Waals surface area contributed by atoms with Crippen molar-refractivity contribution in [2.24, 2.45) is 0 Å². The molecule has 11 heteroatoms. The summed E-state index contributed by atoms with van der Waals surface area (Å²) in [5.41, 5.74) is 3.24. The van der Waals surface area contributed by atoms with Crippen LogP contribution < -0.4 is 9.64 Å². The summed E-state index contributed by atoms with van der Waals surface area (Å²) in [6.45, 7) is 5.78. The summed E-state index contributed by atoms with van der Waals surface area (Å²) in [5, 5.41) is 11.6. The lowest BCUT2D eigenvalue weighted by Gasteiger charge is -2.23. The lowest BCUT2D eigenvalue weighted by atomic mass is 9.94. The van der Waals surface area contributed by atoms with Gasteiger partial charge in [0.15, 0.2) is 5.13 Å². The molecule has 0 aliphatic carbocycles. The second kappa shape index (κ2) is 13.1.